The Bertz CT molecular complexity index is 1130. The Kier molecular flexibility index (Phi) is 4.58. The molecule has 0 unspecified atom stereocenters. The van der Waals surface area contributed by atoms with Crippen molar-refractivity contribution < 1.29 is 10.2 Å². The van der Waals surface area contributed by atoms with Crippen molar-refractivity contribution in [2.24, 2.45) is 0 Å². The first kappa shape index (κ1) is 17.2. The maximum absolute atomic E-state index is 9.71. The number of phenolic OH excluding ortho intramolecular Hbond substituents is 1. The third-order valence-corrected chi connectivity index (χ3v) is 4.40. The zero-order valence-electron chi connectivity index (χ0n) is 14.1. The molecule has 0 bridgehead atoms. The van der Waals surface area contributed by atoms with Gasteiger partial charge in [-0.3, -0.25) is 4.98 Å². The second-order valence-corrected chi connectivity index (χ2v) is 6.40. The van der Waals surface area contributed by atoms with Crippen molar-refractivity contribution in [3.05, 3.63) is 71.6 Å². The van der Waals surface area contributed by atoms with E-state index in [9.17, 15) is 10.2 Å². The van der Waals surface area contributed by atoms with Crippen LogP contribution in [0.25, 0.3) is 22.0 Å². The van der Waals surface area contributed by atoms with E-state index >= 15 is 0 Å². The van der Waals surface area contributed by atoms with Gasteiger partial charge in [-0.1, -0.05) is 17.7 Å². The molecule has 27 heavy (non-hydrogen) atoms. The maximum Gasteiger partial charge on any atom is 0.227 e. The number of aliphatic hydroxyl groups is 1. The Hall–Kier alpha value is -3.22. The minimum atomic E-state index is -0.0819. The van der Waals surface area contributed by atoms with Crippen LogP contribution < -0.4 is 5.32 Å². The number of halogens is 1. The standard InChI is InChI=1S/C20H15ClN4O2/c21-18-3-2-16(27)7-17(18)13-1-4-19-14(6-13)9-23-20(25-19)24-15-5-12(11-26)8-22-10-15/h1-10,26-27H,11H2,(H,23,24,25). The van der Waals surface area contributed by atoms with Gasteiger partial charge in [-0.25, -0.2) is 9.97 Å². The average molecular weight is 379 g/mol. The first-order chi connectivity index (χ1) is 13.1. The van der Waals surface area contributed by atoms with E-state index in [1.165, 1.54) is 0 Å². The molecule has 0 radical (unpaired) electrons. The van der Waals surface area contributed by atoms with Crippen molar-refractivity contribution in [1.82, 2.24) is 15.0 Å². The zero-order valence-corrected chi connectivity index (χ0v) is 14.9. The molecule has 3 N–H and O–H groups in total. The number of nitrogens with one attached hydrogen (secondary N) is 1. The van der Waals surface area contributed by atoms with Crippen LogP contribution in [0.1, 0.15) is 5.56 Å². The number of rotatable bonds is 4. The molecule has 0 aliphatic carbocycles. The number of aliphatic hydroxyl groups excluding tert-OH is 1. The van der Waals surface area contributed by atoms with Gasteiger partial charge in [-0.05, 0) is 47.5 Å². The largest absolute Gasteiger partial charge is 0.508 e. The first-order valence-corrected chi connectivity index (χ1v) is 8.58. The van der Waals surface area contributed by atoms with Crippen molar-refractivity contribution in [3.8, 4) is 16.9 Å². The number of hydrogen-bond donors (Lipinski definition) is 3. The fourth-order valence-corrected chi connectivity index (χ4v) is 2.99. The fraction of sp³-hybridized carbons (Fsp3) is 0.0500. The number of aromatic nitrogens is 3. The Balaban J connectivity index is 1.67. The summed E-state index contributed by atoms with van der Waals surface area (Å²) in [6.07, 6.45) is 4.95. The lowest BCUT2D eigenvalue weighted by Crippen LogP contribution is -1.98. The second kappa shape index (κ2) is 7.19. The summed E-state index contributed by atoms with van der Waals surface area (Å²) in [7, 11) is 0. The van der Waals surface area contributed by atoms with Crippen molar-refractivity contribution >= 4 is 34.1 Å². The Morgan fingerprint density at radius 2 is 1.89 bits per heavy atom. The number of aromatic hydroxyl groups is 1. The Labute approximate surface area is 160 Å². The number of anilines is 2. The number of hydrogen-bond acceptors (Lipinski definition) is 6. The van der Waals surface area contributed by atoms with E-state index in [0.29, 0.717) is 22.2 Å². The van der Waals surface area contributed by atoms with Crippen molar-refractivity contribution in [2.75, 3.05) is 5.32 Å². The van der Waals surface area contributed by atoms with Crippen LogP contribution in [-0.2, 0) is 6.61 Å². The molecule has 0 saturated heterocycles. The van der Waals surface area contributed by atoms with Crippen molar-refractivity contribution in [1.29, 1.82) is 0 Å². The number of fused-ring (bicyclic) bond motifs is 1. The van der Waals surface area contributed by atoms with Crippen LogP contribution in [-0.4, -0.2) is 25.2 Å². The minimum absolute atomic E-state index is 0.0819. The van der Waals surface area contributed by atoms with E-state index in [1.807, 2.05) is 18.2 Å². The molecule has 2 aromatic heterocycles. The molecular weight excluding hydrogens is 364 g/mol. The predicted octanol–water partition coefficient (Wildman–Crippen LogP) is 4.29. The predicted molar refractivity (Wildman–Crippen MR) is 105 cm³/mol. The van der Waals surface area contributed by atoms with Gasteiger partial charge in [0, 0.05) is 28.4 Å². The molecule has 134 valence electrons. The van der Waals surface area contributed by atoms with Gasteiger partial charge >= 0.3 is 0 Å². The van der Waals surface area contributed by atoms with Gasteiger partial charge in [-0.15, -0.1) is 0 Å². The molecule has 0 saturated carbocycles. The fourth-order valence-electron chi connectivity index (χ4n) is 2.77. The third-order valence-electron chi connectivity index (χ3n) is 4.07. The zero-order chi connectivity index (χ0) is 18.8. The molecule has 0 spiro atoms. The summed E-state index contributed by atoms with van der Waals surface area (Å²) < 4.78 is 0. The van der Waals surface area contributed by atoms with E-state index in [0.717, 1.165) is 22.0 Å². The van der Waals surface area contributed by atoms with Crippen LogP contribution in [0.5, 0.6) is 5.75 Å². The quantitative estimate of drug-likeness (QED) is 0.490. The molecule has 0 aliphatic rings. The van der Waals surface area contributed by atoms with E-state index in [1.54, 1.807) is 42.9 Å². The van der Waals surface area contributed by atoms with Gasteiger partial charge in [-0.2, -0.15) is 0 Å². The number of benzene rings is 2. The maximum atomic E-state index is 9.71. The summed E-state index contributed by atoms with van der Waals surface area (Å²) in [5.41, 5.74) is 3.77. The smallest absolute Gasteiger partial charge is 0.227 e. The molecule has 0 aliphatic heterocycles. The van der Waals surface area contributed by atoms with E-state index in [2.05, 4.69) is 20.3 Å². The molecule has 2 aromatic carbocycles. The highest BCUT2D eigenvalue weighted by Crippen LogP contribution is 2.32. The summed E-state index contributed by atoms with van der Waals surface area (Å²) in [6, 6.07) is 12.3. The first-order valence-electron chi connectivity index (χ1n) is 8.20. The van der Waals surface area contributed by atoms with Crippen LogP contribution in [0, 0.1) is 0 Å². The lowest BCUT2D eigenvalue weighted by Gasteiger charge is -2.09. The molecule has 0 atom stereocenters. The number of nitrogens with zero attached hydrogens (tertiary/aromatic N) is 3. The minimum Gasteiger partial charge on any atom is -0.508 e. The van der Waals surface area contributed by atoms with E-state index in [4.69, 9.17) is 11.6 Å². The molecule has 4 aromatic rings. The van der Waals surface area contributed by atoms with Gasteiger partial charge in [0.05, 0.1) is 24.0 Å². The number of pyridine rings is 1. The monoisotopic (exact) mass is 378 g/mol. The average Bonchev–Trinajstić information content (AvgIpc) is 2.69. The van der Waals surface area contributed by atoms with Crippen LogP contribution in [0.4, 0.5) is 11.6 Å². The van der Waals surface area contributed by atoms with Gasteiger partial charge in [0.1, 0.15) is 5.75 Å². The van der Waals surface area contributed by atoms with Crippen molar-refractivity contribution in [3.63, 3.8) is 0 Å². The van der Waals surface area contributed by atoms with Gasteiger partial charge in [0.25, 0.3) is 0 Å². The molecule has 0 fully saturated rings. The molecule has 7 heteroatoms. The van der Waals surface area contributed by atoms with Gasteiger partial charge < -0.3 is 15.5 Å². The molecular formula is C20H15ClN4O2. The Morgan fingerprint density at radius 3 is 2.74 bits per heavy atom. The second-order valence-electron chi connectivity index (χ2n) is 6.00. The summed E-state index contributed by atoms with van der Waals surface area (Å²) >= 11 is 6.25. The van der Waals surface area contributed by atoms with Crippen LogP contribution in [0.15, 0.2) is 61.1 Å². The molecule has 4 rings (SSSR count). The summed E-state index contributed by atoms with van der Waals surface area (Å²) in [6.45, 7) is -0.0819. The normalized spacial score (nSPS) is 10.9. The summed E-state index contributed by atoms with van der Waals surface area (Å²) in [5, 5.41) is 23.4. The van der Waals surface area contributed by atoms with E-state index < -0.39 is 0 Å². The van der Waals surface area contributed by atoms with Crippen molar-refractivity contribution in [2.45, 2.75) is 6.61 Å². The highest BCUT2D eigenvalue weighted by atomic mass is 35.5. The topological polar surface area (TPSA) is 91.2 Å². The van der Waals surface area contributed by atoms with E-state index in [-0.39, 0.29) is 12.4 Å². The number of phenols is 1. The van der Waals surface area contributed by atoms with Gasteiger partial charge in [0.2, 0.25) is 5.95 Å². The molecule has 2 heterocycles. The third kappa shape index (κ3) is 3.67. The highest BCUT2D eigenvalue weighted by molar-refractivity contribution is 6.33. The van der Waals surface area contributed by atoms with Crippen LogP contribution in [0.3, 0.4) is 0 Å². The lowest BCUT2D eigenvalue weighted by atomic mass is 10.0. The summed E-state index contributed by atoms with van der Waals surface area (Å²) in [5.74, 6) is 0.589. The summed E-state index contributed by atoms with van der Waals surface area (Å²) in [4.78, 5) is 12.9. The molecule has 6 nitrogen and oxygen atoms in total. The highest BCUT2D eigenvalue weighted by Gasteiger charge is 2.08. The van der Waals surface area contributed by atoms with Crippen LogP contribution in [0.2, 0.25) is 5.02 Å². The Morgan fingerprint density at radius 1 is 1.00 bits per heavy atom. The van der Waals surface area contributed by atoms with Crippen LogP contribution >= 0.6 is 11.6 Å². The van der Waals surface area contributed by atoms with Gasteiger partial charge in [0.15, 0.2) is 0 Å². The SMILES string of the molecule is OCc1cncc(Nc2ncc3cc(-c4cc(O)ccc4Cl)ccc3n2)c1. The lowest BCUT2D eigenvalue weighted by molar-refractivity contribution is 0.281. The molecule has 0 amide bonds.